The van der Waals surface area contributed by atoms with Crippen molar-refractivity contribution in [3.8, 4) is 0 Å². The fourth-order valence-corrected chi connectivity index (χ4v) is 4.56. The molecule has 0 radical (unpaired) electrons. The van der Waals surface area contributed by atoms with Crippen LogP contribution in [0.2, 0.25) is 0 Å². The second-order valence-corrected chi connectivity index (χ2v) is 8.24. The van der Waals surface area contributed by atoms with E-state index in [1.54, 1.807) is 0 Å². The molecule has 2 fully saturated rings. The number of aliphatic imine (C=N–C) groups is 1. The molecule has 0 aromatic carbocycles. The van der Waals surface area contributed by atoms with E-state index in [4.69, 9.17) is 14.5 Å². The average Bonchev–Trinajstić information content (AvgIpc) is 3.23. The fraction of sp³-hybridized carbons (Fsp3) is 0.818. The van der Waals surface area contributed by atoms with Crippen LogP contribution >= 0.6 is 0 Å². The first-order valence-corrected chi connectivity index (χ1v) is 11.6. The molecule has 30 heavy (non-hydrogen) atoms. The highest BCUT2D eigenvalue weighted by Gasteiger charge is 2.28. The largest absolute Gasteiger partial charge is 0.379 e. The molecule has 0 amide bonds. The number of morpholine rings is 2. The first-order chi connectivity index (χ1) is 14.7. The van der Waals surface area contributed by atoms with E-state index in [9.17, 15) is 0 Å². The zero-order valence-electron chi connectivity index (χ0n) is 19.2. The maximum atomic E-state index is 6.03. The van der Waals surface area contributed by atoms with E-state index in [-0.39, 0.29) is 6.10 Å². The van der Waals surface area contributed by atoms with Crippen molar-refractivity contribution in [2.24, 2.45) is 18.0 Å². The summed E-state index contributed by atoms with van der Waals surface area (Å²) < 4.78 is 13.5. The van der Waals surface area contributed by atoms with Crippen LogP contribution in [0.5, 0.6) is 0 Å². The summed E-state index contributed by atoms with van der Waals surface area (Å²) in [7, 11) is 1.94. The van der Waals surface area contributed by atoms with Crippen molar-refractivity contribution in [2.45, 2.75) is 45.8 Å². The molecule has 8 nitrogen and oxygen atoms in total. The summed E-state index contributed by atoms with van der Waals surface area (Å²) in [4.78, 5) is 10.1. The third-order valence-corrected chi connectivity index (χ3v) is 6.33. The second kappa shape index (κ2) is 11.7. The number of nitrogens with one attached hydrogen (secondary N) is 1. The van der Waals surface area contributed by atoms with E-state index in [0.29, 0.717) is 18.6 Å². The minimum absolute atomic E-state index is 0.0328. The van der Waals surface area contributed by atoms with Crippen LogP contribution < -0.4 is 5.32 Å². The Bertz CT molecular complexity index is 654. The van der Waals surface area contributed by atoms with Gasteiger partial charge in [0, 0.05) is 51.0 Å². The van der Waals surface area contributed by atoms with Gasteiger partial charge in [-0.25, -0.2) is 0 Å². The first-order valence-electron chi connectivity index (χ1n) is 11.6. The van der Waals surface area contributed by atoms with Crippen molar-refractivity contribution in [1.29, 1.82) is 0 Å². The molecule has 3 rings (SSSR count). The molecule has 2 unspecified atom stereocenters. The normalized spacial score (nSPS) is 22.5. The molecule has 2 atom stereocenters. The third kappa shape index (κ3) is 5.95. The Hall–Kier alpha value is -1.64. The Kier molecular flexibility index (Phi) is 8.96. The van der Waals surface area contributed by atoms with Gasteiger partial charge in [-0.3, -0.25) is 14.6 Å². The minimum Gasteiger partial charge on any atom is -0.379 e. The monoisotopic (exact) mass is 420 g/mol. The van der Waals surface area contributed by atoms with Crippen LogP contribution in [0.4, 0.5) is 0 Å². The number of rotatable bonds is 8. The summed E-state index contributed by atoms with van der Waals surface area (Å²) in [5.41, 5.74) is 1.13. The summed E-state index contributed by atoms with van der Waals surface area (Å²) in [5.74, 6) is 1.65. The van der Waals surface area contributed by atoms with Gasteiger partial charge in [0.05, 0.1) is 39.1 Å². The second-order valence-electron chi connectivity index (χ2n) is 8.24. The molecule has 0 aliphatic carbocycles. The van der Waals surface area contributed by atoms with Gasteiger partial charge in [-0.15, -0.1) is 0 Å². The predicted octanol–water partition coefficient (Wildman–Crippen LogP) is 1.90. The Morgan fingerprint density at radius 2 is 1.97 bits per heavy atom. The average molecular weight is 421 g/mol. The lowest BCUT2D eigenvalue weighted by molar-refractivity contribution is -0.00855. The minimum atomic E-state index is 0.0328. The van der Waals surface area contributed by atoms with Crippen LogP contribution in [0.25, 0.3) is 0 Å². The lowest BCUT2D eigenvalue weighted by atomic mass is 9.92. The molecule has 0 spiro atoms. The highest BCUT2D eigenvalue weighted by Crippen LogP contribution is 2.23. The number of guanidine groups is 1. The topological polar surface area (TPSA) is 67.2 Å². The van der Waals surface area contributed by atoms with Gasteiger partial charge in [0.15, 0.2) is 5.96 Å². The summed E-state index contributed by atoms with van der Waals surface area (Å²) in [5, 5.41) is 7.82. The van der Waals surface area contributed by atoms with Gasteiger partial charge in [-0.05, 0) is 12.8 Å². The van der Waals surface area contributed by atoms with E-state index in [1.807, 2.05) is 24.1 Å². The van der Waals surface area contributed by atoms with E-state index in [1.165, 1.54) is 12.8 Å². The molecule has 2 saturated heterocycles. The Labute approximate surface area is 181 Å². The van der Waals surface area contributed by atoms with E-state index in [0.717, 1.165) is 64.0 Å². The summed E-state index contributed by atoms with van der Waals surface area (Å²) >= 11 is 0. The number of ether oxygens (including phenoxy) is 2. The third-order valence-electron chi connectivity index (χ3n) is 6.33. The molecule has 0 bridgehead atoms. The number of nitrogens with zero attached hydrogens (tertiary/aromatic N) is 5. The molecule has 1 N–H and O–H groups in total. The molecule has 0 saturated carbocycles. The van der Waals surface area contributed by atoms with Gasteiger partial charge in [0.25, 0.3) is 0 Å². The van der Waals surface area contributed by atoms with E-state index >= 15 is 0 Å². The quantitative estimate of drug-likeness (QED) is 0.512. The highest BCUT2D eigenvalue weighted by molar-refractivity contribution is 5.80. The van der Waals surface area contributed by atoms with Gasteiger partial charge in [0.2, 0.25) is 0 Å². The van der Waals surface area contributed by atoms with Gasteiger partial charge in [0.1, 0.15) is 6.10 Å². The fourth-order valence-electron chi connectivity index (χ4n) is 4.56. The van der Waals surface area contributed by atoms with Gasteiger partial charge in [-0.1, -0.05) is 26.7 Å². The highest BCUT2D eigenvalue weighted by atomic mass is 16.5. The molecule has 2 aliphatic rings. The van der Waals surface area contributed by atoms with Gasteiger partial charge in [-0.2, -0.15) is 5.10 Å². The van der Waals surface area contributed by atoms with Crippen molar-refractivity contribution in [1.82, 2.24) is 24.9 Å². The predicted molar refractivity (Wildman–Crippen MR) is 120 cm³/mol. The van der Waals surface area contributed by atoms with Crippen LogP contribution in [0.15, 0.2) is 17.4 Å². The van der Waals surface area contributed by atoms with Crippen molar-refractivity contribution in [3.63, 3.8) is 0 Å². The van der Waals surface area contributed by atoms with Crippen LogP contribution in [0.3, 0.4) is 0 Å². The molecule has 2 aliphatic heterocycles. The maximum Gasteiger partial charge on any atom is 0.194 e. The molecular weight excluding hydrogens is 380 g/mol. The Balaban J connectivity index is 1.72. The lowest BCUT2D eigenvalue weighted by Crippen LogP contribution is -2.50. The van der Waals surface area contributed by atoms with Crippen LogP contribution in [0.1, 0.15) is 45.3 Å². The number of aromatic nitrogens is 2. The van der Waals surface area contributed by atoms with Crippen molar-refractivity contribution in [2.75, 3.05) is 59.1 Å². The molecule has 1 aromatic rings. The summed E-state index contributed by atoms with van der Waals surface area (Å²) in [6.07, 6.45) is 6.35. The van der Waals surface area contributed by atoms with Gasteiger partial charge >= 0.3 is 0 Å². The Morgan fingerprint density at radius 1 is 1.20 bits per heavy atom. The van der Waals surface area contributed by atoms with Crippen LogP contribution in [-0.4, -0.2) is 90.7 Å². The molecule has 3 heterocycles. The SMILES string of the molecule is CCNC(=NCC(C(CC)CC)N1CCOCC1)N1CCOC(c2cnn(C)c2)C1. The van der Waals surface area contributed by atoms with Crippen molar-refractivity contribution in [3.05, 3.63) is 18.0 Å². The summed E-state index contributed by atoms with van der Waals surface area (Å²) in [6.45, 7) is 14.5. The molecular formula is C22H40N6O2. The first kappa shape index (κ1) is 23.0. The zero-order valence-corrected chi connectivity index (χ0v) is 19.2. The molecule has 1 aromatic heterocycles. The Morgan fingerprint density at radius 3 is 2.60 bits per heavy atom. The van der Waals surface area contributed by atoms with Crippen LogP contribution in [0, 0.1) is 5.92 Å². The van der Waals surface area contributed by atoms with E-state index in [2.05, 4.69) is 41.0 Å². The van der Waals surface area contributed by atoms with E-state index < -0.39 is 0 Å². The number of aryl methyl sites for hydroxylation is 1. The van der Waals surface area contributed by atoms with Crippen molar-refractivity contribution >= 4 is 5.96 Å². The molecule has 170 valence electrons. The van der Waals surface area contributed by atoms with Crippen molar-refractivity contribution < 1.29 is 9.47 Å². The number of hydrogen-bond donors (Lipinski definition) is 1. The number of hydrogen-bond acceptors (Lipinski definition) is 5. The van der Waals surface area contributed by atoms with Crippen LogP contribution in [-0.2, 0) is 16.5 Å². The smallest absolute Gasteiger partial charge is 0.194 e. The standard InChI is InChI=1S/C22H40N6O2/c1-5-18(6-2)20(27-8-11-29-12-9-27)15-24-22(23-7-3)28-10-13-30-21(17-28)19-14-25-26(4)16-19/h14,16,18,20-21H,5-13,15,17H2,1-4H3,(H,23,24). The zero-order chi connectivity index (χ0) is 21.3. The molecule has 8 heteroatoms. The lowest BCUT2D eigenvalue weighted by Gasteiger charge is -2.39. The maximum absolute atomic E-state index is 6.03. The summed E-state index contributed by atoms with van der Waals surface area (Å²) in [6, 6.07) is 0.465. The van der Waals surface area contributed by atoms with Gasteiger partial charge < -0.3 is 19.7 Å².